The van der Waals surface area contributed by atoms with Gasteiger partial charge in [0.2, 0.25) is 0 Å². The predicted molar refractivity (Wildman–Crippen MR) is 135 cm³/mol. The van der Waals surface area contributed by atoms with Crippen LogP contribution in [0.3, 0.4) is 0 Å². The smallest absolute Gasteiger partial charge is 0.155 e. The van der Waals surface area contributed by atoms with E-state index >= 15 is 0 Å². The maximum atomic E-state index is 10.0. The summed E-state index contributed by atoms with van der Waals surface area (Å²) in [5.41, 5.74) is 8.25. The average Bonchev–Trinajstić information content (AvgIpc) is 3.14. The normalized spacial score (nSPS) is 11.4. The van der Waals surface area contributed by atoms with Crippen LogP contribution in [0.4, 0.5) is 0 Å². The van der Waals surface area contributed by atoms with Crippen LogP contribution in [0.5, 0.6) is 0 Å². The Morgan fingerprint density at radius 3 is 2.24 bits per heavy atom. The Morgan fingerprint density at radius 1 is 0.853 bits per heavy atom. The standard InChI is InChI=1S/C25H14N.C5H8O2.Ir/c1-2-9-17-16(7-1)8-5-12-20(17)24-15-22-19-11-4-3-10-18(19)21-13-6-14-23(26-24)25(21)22;1-4(6)3-5(2)7;/h1-11,13-15H;3,6H,1-2H3;/q-1;;/b;4-3-;. The van der Waals surface area contributed by atoms with Crippen molar-refractivity contribution in [2.75, 3.05) is 0 Å². The number of hydrogen-bond donors (Lipinski definition) is 1. The van der Waals surface area contributed by atoms with Gasteiger partial charge in [-0.05, 0) is 47.9 Å². The molecule has 4 heteroatoms. The van der Waals surface area contributed by atoms with Gasteiger partial charge in [0.05, 0.1) is 11.3 Å². The molecule has 0 aliphatic heterocycles. The van der Waals surface area contributed by atoms with Crippen molar-refractivity contribution >= 4 is 27.5 Å². The number of rotatable bonds is 2. The molecule has 3 nitrogen and oxygen atoms in total. The van der Waals surface area contributed by atoms with Gasteiger partial charge in [-0.2, -0.15) is 0 Å². The zero-order valence-electron chi connectivity index (χ0n) is 18.8. The van der Waals surface area contributed by atoms with Crippen LogP contribution >= 0.6 is 0 Å². The summed E-state index contributed by atoms with van der Waals surface area (Å²) in [4.78, 5) is 15.0. The van der Waals surface area contributed by atoms with E-state index in [1.807, 2.05) is 6.07 Å². The van der Waals surface area contributed by atoms with E-state index in [-0.39, 0.29) is 31.6 Å². The number of hydrogen-bond acceptors (Lipinski definition) is 3. The van der Waals surface area contributed by atoms with Crippen LogP contribution in [-0.2, 0) is 24.9 Å². The molecule has 0 amide bonds. The van der Waals surface area contributed by atoms with Crippen molar-refractivity contribution in [1.29, 1.82) is 0 Å². The van der Waals surface area contributed by atoms with Gasteiger partial charge in [0, 0.05) is 31.6 Å². The maximum Gasteiger partial charge on any atom is 0.155 e. The molecule has 0 saturated heterocycles. The molecular weight excluding hydrogens is 599 g/mol. The Kier molecular flexibility index (Phi) is 6.74. The predicted octanol–water partition coefficient (Wildman–Crippen LogP) is 7.54. The first-order valence-corrected chi connectivity index (χ1v) is 10.8. The molecule has 5 aromatic rings. The zero-order valence-corrected chi connectivity index (χ0v) is 21.2. The van der Waals surface area contributed by atoms with E-state index in [1.54, 1.807) is 0 Å². The third-order valence-electron chi connectivity index (χ3n) is 5.73. The molecule has 1 aromatic heterocycles. The van der Waals surface area contributed by atoms with Crippen LogP contribution in [0.2, 0.25) is 0 Å². The largest absolute Gasteiger partial charge is 0.512 e. The fourth-order valence-corrected chi connectivity index (χ4v) is 4.47. The molecule has 4 aromatic carbocycles. The van der Waals surface area contributed by atoms with E-state index in [0.717, 1.165) is 16.8 Å². The summed E-state index contributed by atoms with van der Waals surface area (Å²) in [5.74, 6) is -0.0625. The number of fused-ring (bicyclic) bond motifs is 4. The van der Waals surface area contributed by atoms with E-state index in [0.29, 0.717) is 0 Å². The molecule has 6 rings (SSSR count). The second-order valence-electron chi connectivity index (χ2n) is 8.14. The van der Waals surface area contributed by atoms with Gasteiger partial charge in [-0.25, -0.2) is 0 Å². The molecule has 0 atom stereocenters. The number of aromatic nitrogens is 1. The van der Waals surface area contributed by atoms with E-state index in [1.165, 1.54) is 58.3 Å². The van der Waals surface area contributed by atoms with Gasteiger partial charge in [-0.3, -0.25) is 9.78 Å². The van der Waals surface area contributed by atoms with Crippen molar-refractivity contribution in [3.8, 4) is 33.5 Å². The van der Waals surface area contributed by atoms with Crippen LogP contribution < -0.4 is 0 Å². The number of carbonyl (C=O) groups is 1. The molecule has 1 radical (unpaired) electrons. The van der Waals surface area contributed by atoms with E-state index in [2.05, 4.69) is 84.9 Å². The molecule has 0 bridgehead atoms. The molecule has 0 saturated carbocycles. The number of benzene rings is 4. The fourth-order valence-electron chi connectivity index (χ4n) is 4.47. The molecule has 0 spiro atoms. The Morgan fingerprint density at radius 2 is 1.53 bits per heavy atom. The van der Waals surface area contributed by atoms with Gasteiger partial charge >= 0.3 is 0 Å². The minimum atomic E-state index is -0.125. The molecule has 1 aliphatic carbocycles. The van der Waals surface area contributed by atoms with Crippen molar-refractivity contribution in [3.05, 3.63) is 103 Å². The van der Waals surface area contributed by atoms with Gasteiger partial charge in [-0.15, -0.1) is 29.1 Å². The summed E-state index contributed by atoms with van der Waals surface area (Å²) >= 11 is 0. The average molecular weight is 621 g/mol. The van der Waals surface area contributed by atoms with Crippen molar-refractivity contribution in [2.45, 2.75) is 13.8 Å². The Labute approximate surface area is 212 Å². The summed E-state index contributed by atoms with van der Waals surface area (Å²) in [5, 5.41) is 12.0. The van der Waals surface area contributed by atoms with Gasteiger partial charge in [0.25, 0.3) is 0 Å². The van der Waals surface area contributed by atoms with Crippen LogP contribution in [0.15, 0.2) is 96.8 Å². The van der Waals surface area contributed by atoms with Crippen molar-refractivity contribution in [2.24, 2.45) is 0 Å². The molecular formula is C30H22IrNO2-. The number of aliphatic hydroxyl groups is 1. The Hall–Kier alpha value is -3.59. The molecule has 1 aliphatic rings. The van der Waals surface area contributed by atoms with Crippen molar-refractivity contribution in [1.82, 2.24) is 4.98 Å². The summed E-state index contributed by atoms with van der Waals surface area (Å²) in [6.07, 6.45) is 1.17. The molecule has 0 fully saturated rings. The zero-order chi connectivity index (χ0) is 22.9. The van der Waals surface area contributed by atoms with Crippen LogP contribution in [-0.4, -0.2) is 15.9 Å². The van der Waals surface area contributed by atoms with Gasteiger partial charge in [0.15, 0.2) is 5.78 Å². The van der Waals surface area contributed by atoms with Crippen molar-refractivity contribution in [3.63, 3.8) is 0 Å². The number of aliphatic hydroxyl groups excluding tert-OH is 1. The van der Waals surface area contributed by atoms with E-state index in [9.17, 15) is 4.79 Å². The minimum Gasteiger partial charge on any atom is -0.512 e. The van der Waals surface area contributed by atoms with Gasteiger partial charge in [0.1, 0.15) is 0 Å². The third kappa shape index (κ3) is 4.31. The number of allylic oxidation sites excluding steroid dienone is 2. The third-order valence-corrected chi connectivity index (χ3v) is 5.73. The van der Waals surface area contributed by atoms with Crippen LogP contribution in [0, 0.1) is 6.07 Å². The SMILES string of the molecule is CC(=O)/C=C(/C)O.[Ir].[c-]1ccc2ccccc2c1-c1cc2c3c(cccc3n1)-c1ccccc1-2. The minimum absolute atomic E-state index is 0. The van der Waals surface area contributed by atoms with Crippen LogP contribution in [0.1, 0.15) is 13.8 Å². The summed E-state index contributed by atoms with van der Waals surface area (Å²) in [6.45, 7) is 2.85. The second-order valence-corrected chi connectivity index (χ2v) is 8.14. The Bertz CT molecular complexity index is 1560. The Balaban J connectivity index is 0.000000303. The molecule has 1 heterocycles. The number of ketones is 1. The number of pyridine rings is 1. The van der Waals surface area contributed by atoms with E-state index in [4.69, 9.17) is 10.1 Å². The van der Waals surface area contributed by atoms with Gasteiger partial charge < -0.3 is 5.11 Å². The monoisotopic (exact) mass is 621 g/mol. The first-order chi connectivity index (χ1) is 16.0. The quantitative estimate of drug-likeness (QED) is 0.124. The first kappa shape index (κ1) is 23.6. The van der Waals surface area contributed by atoms with Crippen molar-refractivity contribution < 1.29 is 30.0 Å². The number of carbonyl (C=O) groups excluding carboxylic acids is 1. The van der Waals surface area contributed by atoms with Crippen LogP contribution in [0.25, 0.3) is 55.2 Å². The number of nitrogens with zero attached hydrogens (tertiary/aromatic N) is 1. The fraction of sp³-hybridized carbons (Fsp3) is 0.0667. The first-order valence-electron chi connectivity index (χ1n) is 10.8. The molecule has 1 N–H and O–H groups in total. The summed E-state index contributed by atoms with van der Waals surface area (Å²) in [7, 11) is 0. The topological polar surface area (TPSA) is 50.2 Å². The molecule has 169 valence electrons. The second kappa shape index (κ2) is 9.72. The summed E-state index contributed by atoms with van der Waals surface area (Å²) < 4.78 is 0. The molecule has 0 unspecified atom stereocenters. The maximum absolute atomic E-state index is 10.0. The van der Waals surface area contributed by atoms with Gasteiger partial charge in [-0.1, -0.05) is 72.1 Å². The summed E-state index contributed by atoms with van der Waals surface area (Å²) in [6, 6.07) is 33.2. The van der Waals surface area contributed by atoms with E-state index < -0.39 is 0 Å². The molecule has 34 heavy (non-hydrogen) atoms.